The van der Waals surface area contributed by atoms with Crippen molar-refractivity contribution in [2.45, 2.75) is 243 Å². The first-order chi connectivity index (χ1) is 27.9. The van der Waals surface area contributed by atoms with Gasteiger partial charge in [-0.2, -0.15) is 0 Å². The Morgan fingerprint density at radius 1 is 0.517 bits per heavy atom. The normalized spacial score (nSPS) is 22.6. The molecular formula is C44H83O13P. The maximum atomic E-state index is 12.8. The molecule has 0 spiro atoms. The zero-order valence-corrected chi connectivity index (χ0v) is 37.0. The van der Waals surface area contributed by atoms with Gasteiger partial charge < -0.3 is 39.9 Å². The molecule has 0 radical (unpaired) electrons. The van der Waals surface area contributed by atoms with Crippen molar-refractivity contribution >= 4 is 19.8 Å². The van der Waals surface area contributed by atoms with Crippen molar-refractivity contribution in [3.8, 4) is 0 Å². The second-order valence-corrected chi connectivity index (χ2v) is 17.7. The van der Waals surface area contributed by atoms with E-state index in [1.165, 1.54) is 103 Å². The first-order valence-electron chi connectivity index (χ1n) is 23.0. The monoisotopic (exact) mass is 851 g/mol. The van der Waals surface area contributed by atoms with E-state index in [9.17, 15) is 44.6 Å². The third-order valence-electron chi connectivity index (χ3n) is 10.9. The first kappa shape index (κ1) is 54.6. The van der Waals surface area contributed by atoms with E-state index >= 15 is 0 Å². The first-order valence-corrected chi connectivity index (χ1v) is 24.5. The molecule has 6 N–H and O–H groups in total. The molecule has 1 rings (SSSR count). The van der Waals surface area contributed by atoms with Crippen molar-refractivity contribution in [1.29, 1.82) is 0 Å². The molecule has 0 bridgehead atoms. The molecule has 342 valence electrons. The molecule has 0 aromatic heterocycles. The standard InChI is InChI=1S/C44H83O13P/c1-3-5-7-9-11-13-15-17-18-19-21-23-25-27-29-31-33-38(46)56-36(35-55-58(52,53)57-44-42(50)40(48)39(47)41(49)43(44)51)34-54-37(45)32-30-28-26-24-22-20-16-14-12-10-8-6-4-2/h14,16,36,39-44,47-51H,3-13,15,17-35H2,1-2H3,(H,52,53)/b16-14+/t36-,39?,40-,41?,42?,43?,44?/m1/s1. The van der Waals surface area contributed by atoms with Crippen LogP contribution in [0.2, 0.25) is 0 Å². The van der Waals surface area contributed by atoms with Crippen LogP contribution in [0, 0.1) is 0 Å². The van der Waals surface area contributed by atoms with Gasteiger partial charge in [-0.3, -0.25) is 18.6 Å². The Labute approximate surface area is 350 Å². The smallest absolute Gasteiger partial charge is 0.462 e. The van der Waals surface area contributed by atoms with Gasteiger partial charge in [0, 0.05) is 12.8 Å². The summed E-state index contributed by atoms with van der Waals surface area (Å²) < 4.78 is 33.5. The molecule has 14 heteroatoms. The van der Waals surface area contributed by atoms with Crippen LogP contribution in [0.5, 0.6) is 0 Å². The van der Waals surface area contributed by atoms with Crippen LogP contribution in [-0.2, 0) is 32.7 Å². The van der Waals surface area contributed by atoms with Crippen molar-refractivity contribution < 1.29 is 63.1 Å². The van der Waals surface area contributed by atoms with E-state index < -0.39 is 75.7 Å². The number of phosphoric acid groups is 1. The summed E-state index contributed by atoms with van der Waals surface area (Å²) >= 11 is 0. The fourth-order valence-corrected chi connectivity index (χ4v) is 8.08. The van der Waals surface area contributed by atoms with Gasteiger partial charge in [0.15, 0.2) is 6.10 Å². The molecule has 1 aliphatic rings. The number of hydrogen-bond donors (Lipinski definition) is 6. The van der Waals surface area contributed by atoms with Gasteiger partial charge >= 0.3 is 19.8 Å². The largest absolute Gasteiger partial charge is 0.472 e. The van der Waals surface area contributed by atoms with Crippen LogP contribution in [0.1, 0.15) is 200 Å². The highest BCUT2D eigenvalue weighted by Gasteiger charge is 2.51. The van der Waals surface area contributed by atoms with Crippen molar-refractivity contribution in [3.05, 3.63) is 12.2 Å². The Hall–Kier alpha value is -1.41. The van der Waals surface area contributed by atoms with Gasteiger partial charge in [-0.15, -0.1) is 0 Å². The van der Waals surface area contributed by atoms with E-state index in [0.29, 0.717) is 12.8 Å². The van der Waals surface area contributed by atoms with E-state index in [-0.39, 0.29) is 12.8 Å². The fourth-order valence-electron chi connectivity index (χ4n) is 7.11. The van der Waals surface area contributed by atoms with Crippen LogP contribution in [0.3, 0.4) is 0 Å². The predicted octanol–water partition coefficient (Wildman–Crippen LogP) is 8.67. The van der Waals surface area contributed by atoms with Gasteiger partial charge in [-0.1, -0.05) is 161 Å². The second kappa shape index (κ2) is 35.2. The lowest BCUT2D eigenvalue weighted by Crippen LogP contribution is -2.64. The molecule has 0 aliphatic heterocycles. The number of unbranched alkanes of at least 4 members (excludes halogenated alkanes) is 24. The molecule has 1 fully saturated rings. The van der Waals surface area contributed by atoms with Crippen molar-refractivity contribution in [3.63, 3.8) is 0 Å². The van der Waals surface area contributed by atoms with Gasteiger partial charge in [0.05, 0.1) is 6.61 Å². The minimum absolute atomic E-state index is 0.101. The van der Waals surface area contributed by atoms with Crippen LogP contribution in [0.25, 0.3) is 0 Å². The quantitative estimate of drug-likeness (QED) is 0.0149. The number of ether oxygens (including phenoxy) is 2. The summed E-state index contributed by atoms with van der Waals surface area (Å²) in [5.74, 6) is -1.10. The summed E-state index contributed by atoms with van der Waals surface area (Å²) in [4.78, 5) is 35.6. The number of allylic oxidation sites excluding steroid dienone is 2. The molecule has 0 aromatic carbocycles. The van der Waals surface area contributed by atoms with Crippen molar-refractivity contribution in [2.24, 2.45) is 0 Å². The maximum absolute atomic E-state index is 12.8. The van der Waals surface area contributed by atoms with E-state index in [1.54, 1.807) is 0 Å². The minimum atomic E-state index is -5.11. The highest BCUT2D eigenvalue weighted by molar-refractivity contribution is 7.47. The molecule has 8 atom stereocenters. The fraction of sp³-hybridized carbons (Fsp3) is 0.909. The number of carbonyl (C=O) groups is 2. The molecule has 0 amide bonds. The number of esters is 2. The van der Waals surface area contributed by atoms with Crippen LogP contribution in [0.15, 0.2) is 12.2 Å². The highest BCUT2D eigenvalue weighted by atomic mass is 31.2. The molecule has 13 nitrogen and oxygen atoms in total. The lowest BCUT2D eigenvalue weighted by molar-refractivity contribution is -0.220. The summed E-state index contributed by atoms with van der Waals surface area (Å²) in [6, 6.07) is 0. The summed E-state index contributed by atoms with van der Waals surface area (Å²) in [5, 5.41) is 50.1. The van der Waals surface area contributed by atoms with Gasteiger partial charge in [0.2, 0.25) is 0 Å². The molecule has 0 heterocycles. The Morgan fingerprint density at radius 3 is 1.33 bits per heavy atom. The lowest BCUT2D eigenvalue weighted by atomic mass is 9.85. The summed E-state index contributed by atoms with van der Waals surface area (Å²) in [6.07, 6.45) is 22.7. The third-order valence-corrected chi connectivity index (χ3v) is 11.8. The number of carbonyl (C=O) groups excluding carboxylic acids is 2. The Balaban J connectivity index is 2.46. The van der Waals surface area contributed by atoms with Gasteiger partial charge in [0.1, 0.15) is 43.2 Å². The van der Waals surface area contributed by atoms with Crippen molar-refractivity contribution in [2.75, 3.05) is 13.2 Å². The van der Waals surface area contributed by atoms with E-state index in [2.05, 4.69) is 26.0 Å². The van der Waals surface area contributed by atoms with Gasteiger partial charge in [-0.25, -0.2) is 4.57 Å². The molecule has 0 aromatic rings. The number of hydrogen-bond acceptors (Lipinski definition) is 12. The molecule has 6 unspecified atom stereocenters. The molecule has 1 saturated carbocycles. The SMILES string of the molecule is CCCCCC/C=C/CCCCCCCC(=O)OC[C@H](COP(=O)(O)OC1C(O)C(O)C(O)[C@@H](O)C1O)OC(=O)CCCCCCCCCCCCCCCCCC. The number of aliphatic hydroxyl groups is 5. The molecular weight excluding hydrogens is 767 g/mol. The Morgan fingerprint density at radius 2 is 0.879 bits per heavy atom. The lowest BCUT2D eigenvalue weighted by Gasteiger charge is -2.41. The van der Waals surface area contributed by atoms with Crippen LogP contribution in [0.4, 0.5) is 0 Å². The van der Waals surface area contributed by atoms with E-state index in [4.69, 9.17) is 18.5 Å². The van der Waals surface area contributed by atoms with Gasteiger partial charge in [0.25, 0.3) is 0 Å². The maximum Gasteiger partial charge on any atom is 0.472 e. The van der Waals surface area contributed by atoms with E-state index in [1.807, 2.05) is 0 Å². The van der Waals surface area contributed by atoms with Crippen LogP contribution < -0.4 is 0 Å². The number of phosphoric ester groups is 1. The summed E-state index contributed by atoms with van der Waals surface area (Å²) in [6.45, 7) is 3.29. The average molecular weight is 851 g/mol. The average Bonchev–Trinajstić information content (AvgIpc) is 3.20. The van der Waals surface area contributed by atoms with Gasteiger partial charge in [-0.05, 0) is 38.5 Å². The Kier molecular flexibility index (Phi) is 33.2. The van der Waals surface area contributed by atoms with Crippen LogP contribution in [-0.4, -0.2) is 98.3 Å². The molecule has 58 heavy (non-hydrogen) atoms. The molecule has 1 aliphatic carbocycles. The van der Waals surface area contributed by atoms with Crippen molar-refractivity contribution in [1.82, 2.24) is 0 Å². The predicted molar refractivity (Wildman–Crippen MR) is 226 cm³/mol. The zero-order chi connectivity index (χ0) is 42.9. The minimum Gasteiger partial charge on any atom is -0.462 e. The van der Waals surface area contributed by atoms with E-state index in [0.717, 1.165) is 57.8 Å². The number of rotatable bonds is 38. The summed E-state index contributed by atoms with van der Waals surface area (Å²) in [5.41, 5.74) is 0. The summed E-state index contributed by atoms with van der Waals surface area (Å²) in [7, 11) is -5.11. The Bertz CT molecular complexity index is 1080. The third kappa shape index (κ3) is 27.4. The van der Waals surface area contributed by atoms with Crippen LogP contribution >= 0.6 is 7.82 Å². The number of aliphatic hydroxyl groups excluding tert-OH is 5. The topological polar surface area (TPSA) is 210 Å². The second-order valence-electron chi connectivity index (χ2n) is 16.3. The highest BCUT2D eigenvalue weighted by Crippen LogP contribution is 2.47. The molecule has 0 saturated heterocycles. The zero-order valence-electron chi connectivity index (χ0n) is 36.1.